The average molecular weight is 243 g/mol. The highest BCUT2D eigenvalue weighted by Gasteiger charge is 2.22. The fourth-order valence-electron chi connectivity index (χ4n) is 2.04. The average Bonchev–Trinajstić information content (AvgIpc) is 2.89. The minimum Gasteiger partial charge on any atom is -0.396 e. The molecule has 0 aromatic carbocycles. The summed E-state index contributed by atoms with van der Waals surface area (Å²) in [5, 5.41) is 18.5. The maximum atomic E-state index is 8.88. The van der Waals surface area contributed by atoms with E-state index in [9.17, 15) is 0 Å². The summed E-state index contributed by atoms with van der Waals surface area (Å²) in [6.45, 7) is 3.25. The van der Waals surface area contributed by atoms with Crippen LogP contribution in [0, 0.1) is 5.92 Å². The SMILES string of the molecule is NNc1nnc(CN2CCC(CCO)C2)s1. The van der Waals surface area contributed by atoms with E-state index >= 15 is 0 Å². The molecule has 1 atom stereocenters. The Morgan fingerprint density at radius 1 is 1.56 bits per heavy atom. The van der Waals surface area contributed by atoms with Crippen LogP contribution < -0.4 is 11.3 Å². The second kappa shape index (κ2) is 5.53. The van der Waals surface area contributed by atoms with Gasteiger partial charge in [-0.2, -0.15) is 0 Å². The smallest absolute Gasteiger partial charge is 0.219 e. The van der Waals surface area contributed by atoms with Gasteiger partial charge in [0.1, 0.15) is 5.01 Å². The molecule has 1 aliphatic heterocycles. The number of nitrogen functional groups attached to an aromatic ring is 1. The predicted octanol–water partition coefficient (Wildman–Crippen LogP) is 0.0280. The molecule has 1 aromatic rings. The maximum absolute atomic E-state index is 8.88. The van der Waals surface area contributed by atoms with Crippen molar-refractivity contribution in [1.82, 2.24) is 15.1 Å². The standard InChI is InChI=1S/C9H17N5OS/c10-11-9-13-12-8(16-9)6-14-3-1-7(5-14)2-4-15/h7,15H,1-6,10H2,(H,11,13). The van der Waals surface area contributed by atoms with Gasteiger partial charge in [-0.05, 0) is 25.3 Å². The summed E-state index contributed by atoms with van der Waals surface area (Å²) in [6.07, 6.45) is 2.07. The third-order valence-corrected chi connectivity index (χ3v) is 3.70. The van der Waals surface area contributed by atoms with Crippen LogP contribution in [0.3, 0.4) is 0 Å². The number of likely N-dealkylation sites (tertiary alicyclic amines) is 1. The minimum absolute atomic E-state index is 0.290. The van der Waals surface area contributed by atoms with E-state index in [0.29, 0.717) is 17.7 Å². The van der Waals surface area contributed by atoms with E-state index in [1.54, 1.807) is 0 Å². The summed E-state index contributed by atoms with van der Waals surface area (Å²) in [5.41, 5.74) is 2.49. The fourth-order valence-corrected chi connectivity index (χ4v) is 2.73. The normalized spacial score (nSPS) is 21.5. The van der Waals surface area contributed by atoms with E-state index in [2.05, 4.69) is 20.5 Å². The Balaban J connectivity index is 1.82. The minimum atomic E-state index is 0.290. The van der Waals surface area contributed by atoms with E-state index < -0.39 is 0 Å². The number of aliphatic hydroxyl groups excluding tert-OH is 1. The highest BCUT2D eigenvalue weighted by Crippen LogP contribution is 2.22. The lowest BCUT2D eigenvalue weighted by molar-refractivity contribution is 0.249. The van der Waals surface area contributed by atoms with Crippen LogP contribution in [-0.2, 0) is 6.54 Å². The molecule has 6 nitrogen and oxygen atoms in total. The third-order valence-electron chi connectivity index (χ3n) is 2.86. The van der Waals surface area contributed by atoms with Gasteiger partial charge in [-0.3, -0.25) is 10.3 Å². The first-order valence-electron chi connectivity index (χ1n) is 5.44. The summed E-state index contributed by atoms with van der Waals surface area (Å²) >= 11 is 1.48. The Hall–Kier alpha value is -0.760. The van der Waals surface area contributed by atoms with E-state index in [-0.39, 0.29) is 0 Å². The lowest BCUT2D eigenvalue weighted by Crippen LogP contribution is -2.20. The molecule has 0 bridgehead atoms. The van der Waals surface area contributed by atoms with Crippen molar-refractivity contribution < 1.29 is 5.11 Å². The van der Waals surface area contributed by atoms with Crippen molar-refractivity contribution in [2.75, 3.05) is 25.1 Å². The maximum Gasteiger partial charge on any atom is 0.219 e. The number of aliphatic hydroxyl groups is 1. The van der Waals surface area contributed by atoms with E-state index in [1.165, 1.54) is 17.8 Å². The molecule has 0 saturated carbocycles. The molecule has 90 valence electrons. The van der Waals surface area contributed by atoms with Crippen LogP contribution in [0.1, 0.15) is 17.8 Å². The van der Waals surface area contributed by atoms with Crippen molar-refractivity contribution in [2.24, 2.45) is 11.8 Å². The third kappa shape index (κ3) is 2.88. The number of aromatic nitrogens is 2. The zero-order chi connectivity index (χ0) is 11.4. The molecule has 0 spiro atoms. The van der Waals surface area contributed by atoms with Crippen molar-refractivity contribution in [3.05, 3.63) is 5.01 Å². The number of hydrogen-bond donors (Lipinski definition) is 3. The molecule has 2 rings (SSSR count). The van der Waals surface area contributed by atoms with Crippen LogP contribution in [-0.4, -0.2) is 39.9 Å². The first-order valence-corrected chi connectivity index (χ1v) is 6.25. The van der Waals surface area contributed by atoms with Gasteiger partial charge >= 0.3 is 0 Å². The predicted molar refractivity (Wildman–Crippen MR) is 62.8 cm³/mol. The van der Waals surface area contributed by atoms with E-state index in [0.717, 1.165) is 31.1 Å². The molecule has 7 heteroatoms. The highest BCUT2D eigenvalue weighted by atomic mass is 32.1. The van der Waals surface area contributed by atoms with Gasteiger partial charge in [-0.15, -0.1) is 10.2 Å². The molecule has 1 aliphatic rings. The van der Waals surface area contributed by atoms with Crippen molar-refractivity contribution in [2.45, 2.75) is 19.4 Å². The Bertz CT molecular complexity index is 331. The van der Waals surface area contributed by atoms with Crippen LogP contribution >= 0.6 is 11.3 Å². The molecule has 1 unspecified atom stereocenters. The summed E-state index contributed by atoms with van der Waals surface area (Å²) < 4.78 is 0. The van der Waals surface area contributed by atoms with Gasteiger partial charge in [0.15, 0.2) is 0 Å². The monoisotopic (exact) mass is 243 g/mol. The van der Waals surface area contributed by atoms with Crippen molar-refractivity contribution >= 4 is 16.5 Å². The zero-order valence-corrected chi connectivity index (χ0v) is 9.91. The molecule has 0 aliphatic carbocycles. The van der Waals surface area contributed by atoms with Crippen molar-refractivity contribution in [1.29, 1.82) is 0 Å². The van der Waals surface area contributed by atoms with E-state index in [1.807, 2.05) is 0 Å². The van der Waals surface area contributed by atoms with Crippen molar-refractivity contribution in [3.63, 3.8) is 0 Å². The van der Waals surface area contributed by atoms with E-state index in [4.69, 9.17) is 10.9 Å². The number of nitrogens with one attached hydrogen (secondary N) is 1. The van der Waals surface area contributed by atoms with Gasteiger partial charge in [0.25, 0.3) is 0 Å². The highest BCUT2D eigenvalue weighted by molar-refractivity contribution is 7.15. The molecular formula is C9H17N5OS. The van der Waals surface area contributed by atoms with Gasteiger partial charge in [0.2, 0.25) is 5.13 Å². The second-order valence-electron chi connectivity index (χ2n) is 4.05. The number of anilines is 1. The van der Waals surface area contributed by atoms with Gasteiger partial charge in [-0.25, -0.2) is 5.84 Å². The largest absolute Gasteiger partial charge is 0.396 e. The van der Waals surface area contributed by atoms with Crippen LogP contribution in [0.5, 0.6) is 0 Å². The first kappa shape index (κ1) is 11.7. The molecule has 0 radical (unpaired) electrons. The molecule has 1 aromatic heterocycles. The van der Waals surface area contributed by atoms with Crippen LogP contribution in [0.15, 0.2) is 0 Å². The van der Waals surface area contributed by atoms with Gasteiger partial charge < -0.3 is 5.11 Å². The van der Waals surface area contributed by atoms with Crippen LogP contribution in [0.4, 0.5) is 5.13 Å². The number of rotatable bonds is 5. The van der Waals surface area contributed by atoms with Crippen molar-refractivity contribution in [3.8, 4) is 0 Å². The Kier molecular flexibility index (Phi) is 4.05. The summed E-state index contributed by atoms with van der Waals surface area (Å²) in [7, 11) is 0. The topological polar surface area (TPSA) is 87.3 Å². The zero-order valence-electron chi connectivity index (χ0n) is 9.09. The summed E-state index contributed by atoms with van der Waals surface area (Å²) in [4.78, 5) is 2.35. The Labute approximate surface area is 98.4 Å². The summed E-state index contributed by atoms with van der Waals surface area (Å²) in [5.74, 6) is 5.88. The molecule has 16 heavy (non-hydrogen) atoms. The number of nitrogens with two attached hydrogens (primary N) is 1. The first-order chi connectivity index (χ1) is 7.81. The lowest BCUT2D eigenvalue weighted by atomic mass is 10.1. The lowest BCUT2D eigenvalue weighted by Gasteiger charge is -2.13. The van der Waals surface area contributed by atoms with Gasteiger partial charge in [0.05, 0.1) is 6.54 Å². The quantitative estimate of drug-likeness (QED) is 0.499. The molecule has 2 heterocycles. The number of nitrogens with zero attached hydrogens (tertiary/aromatic N) is 3. The number of hydrogen-bond acceptors (Lipinski definition) is 7. The summed E-state index contributed by atoms with van der Waals surface area (Å²) in [6, 6.07) is 0. The molecule has 0 amide bonds. The molecule has 1 fully saturated rings. The number of hydrazine groups is 1. The molecular weight excluding hydrogens is 226 g/mol. The van der Waals surface area contributed by atoms with Crippen LogP contribution in [0.25, 0.3) is 0 Å². The molecule has 1 saturated heterocycles. The van der Waals surface area contributed by atoms with Crippen LogP contribution in [0.2, 0.25) is 0 Å². The Morgan fingerprint density at radius 3 is 3.12 bits per heavy atom. The van der Waals surface area contributed by atoms with Gasteiger partial charge in [0, 0.05) is 13.2 Å². The van der Waals surface area contributed by atoms with Gasteiger partial charge in [-0.1, -0.05) is 11.3 Å². The molecule has 4 N–H and O–H groups in total. The second-order valence-corrected chi connectivity index (χ2v) is 5.11. The fraction of sp³-hybridized carbons (Fsp3) is 0.778. The Morgan fingerprint density at radius 2 is 2.44 bits per heavy atom.